The first-order valence-corrected chi connectivity index (χ1v) is 12.0. The fourth-order valence-corrected chi connectivity index (χ4v) is 4.91. The quantitative estimate of drug-likeness (QED) is 0.211. The number of ketones is 1. The van der Waals surface area contributed by atoms with E-state index < -0.39 is 35.3 Å². The molecule has 1 amide bonds. The van der Waals surface area contributed by atoms with Gasteiger partial charge < -0.3 is 14.6 Å². The number of ether oxygens (including phenoxy) is 2. The van der Waals surface area contributed by atoms with Crippen LogP contribution in [0.1, 0.15) is 46.4 Å². The first kappa shape index (κ1) is 25.1. The molecule has 0 saturated carbocycles. The average Bonchev–Trinajstić information content (AvgIpc) is 3.36. The Hall–Kier alpha value is -4.05. The number of esters is 1. The highest BCUT2D eigenvalue weighted by Gasteiger charge is 2.49. The van der Waals surface area contributed by atoms with E-state index in [1.54, 1.807) is 44.2 Å². The van der Waals surface area contributed by atoms with Crippen molar-refractivity contribution in [2.24, 2.45) is 0 Å². The Kier molecular flexibility index (Phi) is 7.16. The fourth-order valence-electron chi connectivity index (χ4n) is 3.92. The van der Waals surface area contributed by atoms with Gasteiger partial charge in [-0.05, 0) is 51.1 Å². The lowest BCUT2D eigenvalue weighted by molar-refractivity contribution is -0.132. The van der Waals surface area contributed by atoms with Crippen molar-refractivity contribution in [1.82, 2.24) is 4.98 Å². The van der Waals surface area contributed by atoms with Crippen LogP contribution < -0.4 is 9.64 Å². The molecular formula is C26H23FN2O6S. The topological polar surface area (TPSA) is 106 Å². The summed E-state index contributed by atoms with van der Waals surface area (Å²) in [6.07, 6.45) is 0. The molecule has 1 unspecified atom stereocenters. The minimum absolute atomic E-state index is 0.00488. The molecule has 10 heteroatoms. The molecule has 3 aromatic rings. The van der Waals surface area contributed by atoms with E-state index in [0.717, 1.165) is 16.2 Å². The molecule has 1 saturated heterocycles. The van der Waals surface area contributed by atoms with Crippen LogP contribution in [-0.2, 0) is 14.3 Å². The van der Waals surface area contributed by atoms with Crippen LogP contribution in [-0.4, -0.2) is 41.0 Å². The highest BCUT2D eigenvalue weighted by Crippen LogP contribution is 2.44. The number of aromatic nitrogens is 1. The molecule has 0 aliphatic carbocycles. The maximum absolute atomic E-state index is 15.0. The SMILES string of the molecule is CCOC(=O)c1sc(N2C(=O)C(=O)/C(=C(/O)c3ccc(OCC)cc3)C2c2ccccc2F)nc1C. The Bertz CT molecular complexity index is 1370. The molecule has 36 heavy (non-hydrogen) atoms. The van der Waals surface area contributed by atoms with Crippen molar-refractivity contribution in [2.75, 3.05) is 18.1 Å². The number of hydrogen-bond donors (Lipinski definition) is 1. The standard InChI is InChI=1S/C26H23FN2O6S/c1-4-34-16-12-10-15(11-13-16)21(30)19-20(17-8-6-7-9-18(17)27)29(24(32)22(19)31)26-28-14(3)23(36-26)25(33)35-5-2/h6-13,20,30H,4-5H2,1-3H3/b21-19+. The number of carbonyl (C=O) groups excluding carboxylic acids is 3. The van der Waals surface area contributed by atoms with Gasteiger partial charge in [-0.15, -0.1) is 0 Å². The van der Waals surface area contributed by atoms with E-state index in [9.17, 15) is 19.5 Å². The predicted molar refractivity (Wildman–Crippen MR) is 132 cm³/mol. The summed E-state index contributed by atoms with van der Waals surface area (Å²) < 4.78 is 25.5. The predicted octanol–water partition coefficient (Wildman–Crippen LogP) is 4.79. The van der Waals surface area contributed by atoms with Crippen molar-refractivity contribution in [2.45, 2.75) is 26.8 Å². The van der Waals surface area contributed by atoms with Crippen molar-refractivity contribution in [3.05, 3.63) is 81.6 Å². The van der Waals surface area contributed by atoms with E-state index in [2.05, 4.69) is 4.98 Å². The Labute approximate surface area is 210 Å². The highest BCUT2D eigenvalue weighted by molar-refractivity contribution is 7.17. The van der Waals surface area contributed by atoms with Crippen LogP contribution in [0.5, 0.6) is 5.75 Å². The van der Waals surface area contributed by atoms with Gasteiger partial charge >= 0.3 is 11.9 Å². The van der Waals surface area contributed by atoms with Gasteiger partial charge in [0, 0.05) is 11.1 Å². The fraction of sp³-hybridized carbons (Fsp3) is 0.231. The summed E-state index contributed by atoms with van der Waals surface area (Å²) in [5, 5.41) is 11.2. The highest BCUT2D eigenvalue weighted by atomic mass is 32.1. The number of aliphatic hydroxyl groups excluding tert-OH is 1. The number of anilines is 1. The minimum atomic E-state index is -1.31. The molecule has 2 aromatic carbocycles. The van der Waals surface area contributed by atoms with Gasteiger partial charge in [-0.1, -0.05) is 29.5 Å². The molecule has 8 nitrogen and oxygen atoms in total. The van der Waals surface area contributed by atoms with Crippen molar-refractivity contribution in [1.29, 1.82) is 0 Å². The third-order valence-corrected chi connectivity index (χ3v) is 6.67. The second kappa shape index (κ2) is 10.3. The lowest BCUT2D eigenvalue weighted by atomic mass is 9.95. The first-order chi connectivity index (χ1) is 17.3. The maximum atomic E-state index is 15.0. The monoisotopic (exact) mass is 510 g/mol. The largest absolute Gasteiger partial charge is 0.507 e. The number of benzene rings is 2. The molecule has 0 spiro atoms. The van der Waals surface area contributed by atoms with Gasteiger partial charge in [-0.3, -0.25) is 14.5 Å². The lowest BCUT2D eigenvalue weighted by Crippen LogP contribution is -2.29. The third-order valence-electron chi connectivity index (χ3n) is 5.54. The van der Waals surface area contributed by atoms with Gasteiger partial charge in [0.25, 0.3) is 5.78 Å². The molecule has 1 fully saturated rings. The summed E-state index contributed by atoms with van der Waals surface area (Å²) in [4.78, 5) is 44.3. The van der Waals surface area contributed by atoms with Crippen molar-refractivity contribution >= 4 is 39.9 Å². The molecule has 1 atom stereocenters. The second-order valence-corrected chi connectivity index (χ2v) is 8.76. The zero-order chi connectivity index (χ0) is 26.0. The van der Waals surface area contributed by atoms with Crippen LogP contribution in [0.3, 0.4) is 0 Å². The molecule has 1 aromatic heterocycles. The molecule has 1 aliphatic heterocycles. The summed E-state index contributed by atoms with van der Waals surface area (Å²) >= 11 is 0.856. The van der Waals surface area contributed by atoms with E-state index in [1.807, 2.05) is 6.92 Å². The first-order valence-electron chi connectivity index (χ1n) is 11.2. The Morgan fingerprint density at radius 1 is 1.11 bits per heavy atom. The van der Waals surface area contributed by atoms with E-state index in [-0.39, 0.29) is 33.3 Å². The molecule has 0 radical (unpaired) electrons. The van der Waals surface area contributed by atoms with Crippen LogP contribution in [0.2, 0.25) is 0 Å². The van der Waals surface area contributed by atoms with Crippen molar-refractivity contribution < 1.29 is 33.4 Å². The van der Waals surface area contributed by atoms with Gasteiger partial charge in [0.2, 0.25) is 0 Å². The minimum Gasteiger partial charge on any atom is -0.507 e. The normalized spacial score (nSPS) is 16.9. The van der Waals surface area contributed by atoms with Gasteiger partial charge in [0.05, 0.1) is 24.5 Å². The molecule has 2 heterocycles. The number of aliphatic hydroxyl groups is 1. The molecule has 0 bridgehead atoms. The van der Waals surface area contributed by atoms with Gasteiger partial charge in [0.1, 0.15) is 28.2 Å². The second-order valence-electron chi connectivity index (χ2n) is 7.78. The Morgan fingerprint density at radius 3 is 2.44 bits per heavy atom. The molecule has 186 valence electrons. The molecular weight excluding hydrogens is 487 g/mol. The number of thiazole rings is 1. The Morgan fingerprint density at radius 2 is 1.81 bits per heavy atom. The Balaban J connectivity index is 1.89. The zero-order valence-corrected chi connectivity index (χ0v) is 20.6. The van der Waals surface area contributed by atoms with Gasteiger partial charge in [-0.2, -0.15) is 0 Å². The average molecular weight is 511 g/mol. The van der Waals surface area contributed by atoms with Crippen LogP contribution >= 0.6 is 11.3 Å². The summed E-state index contributed by atoms with van der Waals surface area (Å²) in [7, 11) is 0. The van der Waals surface area contributed by atoms with Crippen molar-refractivity contribution in [3.8, 4) is 5.75 Å². The smallest absolute Gasteiger partial charge is 0.350 e. The summed E-state index contributed by atoms with van der Waals surface area (Å²) in [5.41, 5.74) is 0.254. The van der Waals surface area contributed by atoms with Crippen LogP contribution in [0.15, 0.2) is 54.1 Å². The van der Waals surface area contributed by atoms with E-state index in [4.69, 9.17) is 9.47 Å². The third kappa shape index (κ3) is 4.47. The molecule has 1 aliphatic rings. The number of nitrogens with zero attached hydrogens (tertiary/aromatic N) is 2. The van der Waals surface area contributed by atoms with Crippen LogP contribution in [0, 0.1) is 12.7 Å². The van der Waals surface area contributed by atoms with Crippen molar-refractivity contribution in [3.63, 3.8) is 0 Å². The molecule has 4 rings (SSSR count). The van der Waals surface area contributed by atoms with E-state index in [0.29, 0.717) is 18.1 Å². The van der Waals surface area contributed by atoms with Crippen LogP contribution in [0.4, 0.5) is 9.52 Å². The van der Waals surface area contributed by atoms with E-state index in [1.165, 1.54) is 18.2 Å². The number of halogens is 1. The van der Waals surface area contributed by atoms with E-state index >= 15 is 4.39 Å². The maximum Gasteiger partial charge on any atom is 0.350 e. The zero-order valence-electron chi connectivity index (χ0n) is 19.8. The van der Waals surface area contributed by atoms with Gasteiger partial charge in [0.15, 0.2) is 5.13 Å². The summed E-state index contributed by atoms with van der Waals surface area (Å²) in [6, 6.07) is 10.7. The van der Waals surface area contributed by atoms with Gasteiger partial charge in [-0.25, -0.2) is 14.2 Å². The summed E-state index contributed by atoms with van der Waals surface area (Å²) in [5.74, 6) is -3.20. The summed E-state index contributed by atoms with van der Waals surface area (Å²) in [6.45, 7) is 5.66. The number of carbonyl (C=O) groups is 3. The van der Waals surface area contributed by atoms with Crippen LogP contribution in [0.25, 0.3) is 5.76 Å². The number of rotatable bonds is 7. The lowest BCUT2D eigenvalue weighted by Gasteiger charge is -2.23. The number of aryl methyl sites for hydroxylation is 1. The molecule has 1 N–H and O–H groups in total. The number of Topliss-reactive ketones (excluding diaryl/α,β-unsaturated/α-hetero) is 1. The number of amides is 1. The number of hydrogen-bond acceptors (Lipinski definition) is 8.